The summed E-state index contributed by atoms with van der Waals surface area (Å²) in [7, 11) is 0. The molecule has 4 aromatic rings. The fraction of sp³-hybridized carbons (Fsp3) is 0.143. The SMILES string of the molecule is O=C(Cn1c2c(sc1=O)[C@@H](c1ccc(F)cc1)[C@@H]1C(=O)N(c3ccccc3)C(=O)[C@@H]1S2)Nc1ccc(O)cc1. The van der Waals surface area contributed by atoms with Gasteiger partial charge in [0.2, 0.25) is 17.7 Å². The van der Waals surface area contributed by atoms with Crippen molar-refractivity contribution < 1.29 is 23.9 Å². The molecule has 2 aliphatic heterocycles. The zero-order valence-corrected chi connectivity index (χ0v) is 21.7. The van der Waals surface area contributed by atoms with Crippen LogP contribution in [0.2, 0.25) is 0 Å². The molecule has 0 aliphatic carbocycles. The number of thiazole rings is 1. The Labute approximate surface area is 229 Å². The number of fused-ring (bicyclic) bond motifs is 2. The largest absolute Gasteiger partial charge is 0.508 e. The smallest absolute Gasteiger partial charge is 0.308 e. The molecule has 11 heteroatoms. The van der Waals surface area contributed by atoms with E-state index in [1.54, 1.807) is 42.5 Å². The van der Waals surface area contributed by atoms with Gasteiger partial charge in [-0.05, 0) is 54.1 Å². The number of imide groups is 1. The number of carbonyl (C=O) groups is 3. The van der Waals surface area contributed by atoms with Crippen LogP contribution in [-0.2, 0) is 20.9 Å². The van der Waals surface area contributed by atoms with Crippen LogP contribution in [0.5, 0.6) is 5.75 Å². The highest BCUT2D eigenvalue weighted by Crippen LogP contribution is 2.53. The second-order valence-electron chi connectivity index (χ2n) is 9.16. The van der Waals surface area contributed by atoms with E-state index in [2.05, 4.69) is 5.32 Å². The topological polar surface area (TPSA) is 109 Å². The van der Waals surface area contributed by atoms with Gasteiger partial charge in [-0.3, -0.25) is 23.7 Å². The Balaban J connectivity index is 1.40. The van der Waals surface area contributed by atoms with Gasteiger partial charge in [0.15, 0.2) is 0 Å². The second-order valence-corrected chi connectivity index (χ2v) is 11.3. The molecule has 1 saturated heterocycles. The molecule has 2 aliphatic rings. The molecule has 3 atom stereocenters. The lowest BCUT2D eigenvalue weighted by Crippen LogP contribution is -2.33. The minimum atomic E-state index is -0.833. The Morgan fingerprint density at radius 1 is 0.923 bits per heavy atom. The predicted octanol–water partition coefficient (Wildman–Crippen LogP) is 4.19. The molecule has 0 unspecified atom stereocenters. The van der Waals surface area contributed by atoms with Gasteiger partial charge in [-0.25, -0.2) is 9.29 Å². The fourth-order valence-corrected chi connectivity index (χ4v) is 7.78. The van der Waals surface area contributed by atoms with Crippen molar-refractivity contribution in [2.45, 2.75) is 22.7 Å². The summed E-state index contributed by atoms with van der Waals surface area (Å²) in [6.07, 6.45) is 0. The van der Waals surface area contributed by atoms with Gasteiger partial charge < -0.3 is 10.4 Å². The minimum Gasteiger partial charge on any atom is -0.508 e. The summed E-state index contributed by atoms with van der Waals surface area (Å²) in [6.45, 7) is -0.309. The summed E-state index contributed by atoms with van der Waals surface area (Å²) in [5.41, 5.74) is 1.50. The summed E-state index contributed by atoms with van der Waals surface area (Å²) < 4.78 is 15.1. The zero-order valence-electron chi connectivity index (χ0n) is 20.1. The number of benzene rings is 3. The number of aromatic hydroxyl groups is 1. The molecule has 2 N–H and O–H groups in total. The van der Waals surface area contributed by atoms with Crippen LogP contribution in [0, 0.1) is 11.7 Å². The van der Waals surface area contributed by atoms with Crippen LogP contribution in [0.15, 0.2) is 88.7 Å². The molecule has 8 nitrogen and oxygen atoms in total. The van der Waals surface area contributed by atoms with Gasteiger partial charge in [0.1, 0.15) is 23.4 Å². The number of anilines is 2. The van der Waals surface area contributed by atoms with E-state index in [-0.39, 0.29) is 18.2 Å². The first-order valence-electron chi connectivity index (χ1n) is 12.0. The van der Waals surface area contributed by atoms with Crippen LogP contribution < -0.4 is 15.1 Å². The van der Waals surface area contributed by atoms with Crippen LogP contribution in [0.25, 0.3) is 0 Å². The predicted molar refractivity (Wildman–Crippen MR) is 146 cm³/mol. The van der Waals surface area contributed by atoms with Gasteiger partial charge in [-0.15, -0.1) is 0 Å². The zero-order chi connectivity index (χ0) is 27.3. The lowest BCUT2D eigenvalue weighted by molar-refractivity contribution is -0.122. The average Bonchev–Trinajstić information content (AvgIpc) is 3.37. The van der Waals surface area contributed by atoms with Crippen molar-refractivity contribution in [3.63, 3.8) is 0 Å². The van der Waals surface area contributed by atoms with Gasteiger partial charge in [0.25, 0.3) is 0 Å². The Morgan fingerprint density at radius 2 is 1.62 bits per heavy atom. The van der Waals surface area contributed by atoms with Crippen LogP contribution in [0.1, 0.15) is 16.4 Å². The lowest BCUT2D eigenvalue weighted by atomic mass is 9.83. The summed E-state index contributed by atoms with van der Waals surface area (Å²) in [6, 6.07) is 20.3. The van der Waals surface area contributed by atoms with E-state index >= 15 is 0 Å². The maximum absolute atomic E-state index is 13.8. The molecule has 39 heavy (non-hydrogen) atoms. The third kappa shape index (κ3) is 4.43. The van der Waals surface area contributed by atoms with Crippen LogP contribution in [0.3, 0.4) is 0 Å². The summed E-state index contributed by atoms with van der Waals surface area (Å²) in [5, 5.41) is 11.8. The normalized spacial score (nSPS) is 20.0. The Morgan fingerprint density at radius 3 is 2.31 bits per heavy atom. The molecule has 1 fully saturated rings. The molecule has 3 aromatic carbocycles. The first kappa shape index (κ1) is 25.1. The third-order valence-corrected chi connectivity index (χ3v) is 9.35. The molecular weight excluding hydrogens is 541 g/mol. The highest BCUT2D eigenvalue weighted by molar-refractivity contribution is 8.00. The molecule has 0 spiro atoms. The first-order chi connectivity index (χ1) is 18.8. The van der Waals surface area contributed by atoms with Gasteiger partial charge >= 0.3 is 4.87 Å². The van der Waals surface area contributed by atoms with Crippen molar-refractivity contribution in [1.82, 2.24) is 4.57 Å². The molecular formula is C28H20FN3O5S2. The van der Waals surface area contributed by atoms with E-state index in [9.17, 15) is 28.7 Å². The maximum Gasteiger partial charge on any atom is 0.308 e. The van der Waals surface area contributed by atoms with Gasteiger partial charge in [-0.2, -0.15) is 0 Å². The summed E-state index contributed by atoms with van der Waals surface area (Å²) in [5.74, 6) is -3.14. The van der Waals surface area contributed by atoms with Crippen molar-refractivity contribution >= 4 is 52.2 Å². The van der Waals surface area contributed by atoms with Crippen LogP contribution in [-0.4, -0.2) is 32.6 Å². The molecule has 0 bridgehead atoms. The van der Waals surface area contributed by atoms with Gasteiger partial charge in [0, 0.05) is 16.5 Å². The number of nitrogens with zero attached hydrogens (tertiary/aromatic N) is 2. The number of aromatic nitrogens is 1. The second kappa shape index (κ2) is 9.83. The Kier molecular flexibility index (Phi) is 6.32. The van der Waals surface area contributed by atoms with E-state index < -0.39 is 39.6 Å². The number of phenols is 1. The standard InChI is InChI=1S/C28H20FN3O5S2/c29-16-8-6-15(7-9-16)21-22-23(26(36)32(25(22)35)18-4-2-1-3-5-18)38-27-24(21)39-28(37)31(27)14-20(34)30-17-10-12-19(33)13-11-17/h1-13,21-23,33H,14H2,(H,30,34)/t21-,22-,23+/m0/s1. The number of nitrogens with one attached hydrogen (secondary N) is 1. The lowest BCUT2D eigenvalue weighted by Gasteiger charge is -2.30. The average molecular weight is 562 g/mol. The number of hydrogen-bond donors (Lipinski definition) is 2. The monoisotopic (exact) mass is 561 g/mol. The number of phenolic OH excluding ortho intramolecular Hbond substituents is 1. The molecule has 3 heterocycles. The van der Waals surface area contributed by atoms with E-state index in [1.165, 1.54) is 45.9 Å². The van der Waals surface area contributed by atoms with Gasteiger partial charge in [0.05, 0.1) is 16.6 Å². The highest BCUT2D eigenvalue weighted by Gasteiger charge is 2.56. The number of para-hydroxylation sites is 1. The van der Waals surface area contributed by atoms with Crippen molar-refractivity contribution in [2.75, 3.05) is 10.2 Å². The molecule has 6 rings (SSSR count). The minimum absolute atomic E-state index is 0.0502. The fourth-order valence-electron chi connectivity index (χ4n) is 5.01. The van der Waals surface area contributed by atoms with Gasteiger partial charge in [-0.1, -0.05) is 53.4 Å². The van der Waals surface area contributed by atoms with E-state index in [4.69, 9.17) is 0 Å². The summed E-state index contributed by atoms with van der Waals surface area (Å²) in [4.78, 5) is 54.8. The van der Waals surface area contributed by atoms with E-state index in [0.717, 1.165) is 23.1 Å². The van der Waals surface area contributed by atoms with Crippen LogP contribution in [0.4, 0.5) is 15.8 Å². The molecule has 0 saturated carbocycles. The first-order valence-corrected chi connectivity index (χ1v) is 13.7. The Bertz CT molecular complexity index is 1650. The third-order valence-electron chi connectivity index (χ3n) is 6.75. The maximum atomic E-state index is 13.8. The number of carbonyl (C=O) groups excluding carboxylic acids is 3. The van der Waals surface area contributed by atoms with Crippen molar-refractivity contribution in [3.8, 4) is 5.75 Å². The van der Waals surface area contributed by atoms with Crippen molar-refractivity contribution in [2.24, 2.45) is 5.92 Å². The van der Waals surface area contributed by atoms with Crippen LogP contribution >= 0.6 is 23.1 Å². The number of hydrogen-bond acceptors (Lipinski definition) is 7. The van der Waals surface area contributed by atoms with Crippen molar-refractivity contribution in [3.05, 3.63) is 105 Å². The quantitative estimate of drug-likeness (QED) is 0.280. The molecule has 196 valence electrons. The number of amides is 3. The highest BCUT2D eigenvalue weighted by atomic mass is 32.2. The van der Waals surface area contributed by atoms with E-state index in [0.29, 0.717) is 26.8 Å². The van der Waals surface area contributed by atoms with E-state index in [1.807, 2.05) is 0 Å². The molecule has 1 aromatic heterocycles. The number of halogens is 1. The molecule has 3 amide bonds. The van der Waals surface area contributed by atoms with Crippen molar-refractivity contribution in [1.29, 1.82) is 0 Å². The number of rotatable bonds is 5. The Hall–Kier alpha value is -4.22. The summed E-state index contributed by atoms with van der Waals surface area (Å²) >= 11 is 2.03. The number of thioether (sulfide) groups is 1. The molecule has 0 radical (unpaired) electrons.